The van der Waals surface area contributed by atoms with Crippen LogP contribution in [0.2, 0.25) is 4.34 Å². The number of rotatable bonds is 4. The molecule has 0 bridgehead atoms. The highest BCUT2D eigenvalue weighted by molar-refractivity contribution is 7.16. The normalized spacial score (nSPS) is 23.8. The molecule has 0 amide bonds. The maximum absolute atomic E-state index is 9.58. The van der Waals surface area contributed by atoms with E-state index in [2.05, 4.69) is 11.0 Å². The van der Waals surface area contributed by atoms with E-state index in [-0.39, 0.29) is 18.7 Å². The van der Waals surface area contributed by atoms with E-state index in [1.165, 1.54) is 24.1 Å². The highest BCUT2D eigenvalue weighted by Gasteiger charge is 2.28. The summed E-state index contributed by atoms with van der Waals surface area (Å²) in [5.41, 5.74) is 5.95. The van der Waals surface area contributed by atoms with Gasteiger partial charge in [0, 0.05) is 17.5 Å². The number of thiophene rings is 1. The third kappa shape index (κ3) is 3.25. The smallest absolute Gasteiger partial charge is 0.0931 e. The van der Waals surface area contributed by atoms with Gasteiger partial charge in [0.1, 0.15) is 0 Å². The summed E-state index contributed by atoms with van der Waals surface area (Å²) in [6, 6.07) is 4.42. The van der Waals surface area contributed by atoms with Crippen LogP contribution in [0.1, 0.15) is 36.6 Å². The van der Waals surface area contributed by atoms with Gasteiger partial charge in [-0.3, -0.25) is 4.90 Å². The molecule has 18 heavy (non-hydrogen) atoms. The Labute approximate surface area is 118 Å². The minimum absolute atomic E-state index is 0.192. The molecular weight excluding hydrogens is 268 g/mol. The van der Waals surface area contributed by atoms with Gasteiger partial charge in [0.2, 0.25) is 0 Å². The lowest BCUT2D eigenvalue weighted by atomic mass is 10.1. The molecule has 0 saturated carbocycles. The summed E-state index contributed by atoms with van der Waals surface area (Å²) in [5, 5.41) is 9.58. The van der Waals surface area contributed by atoms with Crippen LogP contribution in [0.15, 0.2) is 12.1 Å². The van der Waals surface area contributed by atoms with Gasteiger partial charge in [-0.05, 0) is 31.5 Å². The van der Waals surface area contributed by atoms with Crippen molar-refractivity contribution in [2.75, 3.05) is 19.7 Å². The van der Waals surface area contributed by atoms with E-state index in [0.29, 0.717) is 6.54 Å². The van der Waals surface area contributed by atoms with Crippen LogP contribution < -0.4 is 5.73 Å². The van der Waals surface area contributed by atoms with Gasteiger partial charge in [0.25, 0.3) is 0 Å². The Morgan fingerprint density at radius 1 is 1.44 bits per heavy atom. The zero-order chi connectivity index (χ0) is 13.0. The van der Waals surface area contributed by atoms with Crippen molar-refractivity contribution in [3.63, 3.8) is 0 Å². The summed E-state index contributed by atoms with van der Waals surface area (Å²) in [4.78, 5) is 3.58. The number of aliphatic hydroxyl groups excluding tert-OH is 1. The van der Waals surface area contributed by atoms with Crippen LogP contribution in [0.25, 0.3) is 0 Å². The summed E-state index contributed by atoms with van der Waals surface area (Å²) in [6.07, 6.45) is 4.69. The van der Waals surface area contributed by atoms with Crippen LogP contribution in [0, 0.1) is 0 Å². The molecule has 2 unspecified atom stereocenters. The summed E-state index contributed by atoms with van der Waals surface area (Å²) in [5.74, 6) is 0. The van der Waals surface area contributed by atoms with Crippen molar-refractivity contribution >= 4 is 22.9 Å². The Morgan fingerprint density at radius 2 is 2.28 bits per heavy atom. The van der Waals surface area contributed by atoms with Crippen LogP contribution in [0.5, 0.6) is 0 Å². The van der Waals surface area contributed by atoms with Gasteiger partial charge in [-0.15, -0.1) is 11.3 Å². The van der Waals surface area contributed by atoms with E-state index in [1.54, 1.807) is 11.3 Å². The van der Waals surface area contributed by atoms with Gasteiger partial charge in [-0.1, -0.05) is 24.4 Å². The molecule has 0 spiro atoms. The predicted octanol–water partition coefficient (Wildman–Crippen LogP) is 2.64. The Morgan fingerprint density at radius 3 is 2.89 bits per heavy atom. The molecule has 0 aromatic carbocycles. The maximum Gasteiger partial charge on any atom is 0.0931 e. The lowest BCUT2D eigenvalue weighted by Crippen LogP contribution is -2.42. The fourth-order valence-electron chi connectivity index (χ4n) is 2.73. The second-order valence-corrected chi connectivity index (χ2v) is 6.56. The average molecular weight is 289 g/mol. The molecule has 1 saturated heterocycles. The molecule has 1 aromatic rings. The number of halogens is 1. The van der Waals surface area contributed by atoms with Crippen molar-refractivity contribution < 1.29 is 5.11 Å². The number of nitrogens with two attached hydrogens (primary N) is 1. The topological polar surface area (TPSA) is 49.5 Å². The standard InChI is InChI=1S/C13H21ClN2OS/c14-13-6-5-12(18-13)11(8-15)16-7-3-1-2-4-10(16)9-17/h5-6,10-11,17H,1-4,7-9,15H2. The van der Waals surface area contributed by atoms with Crippen molar-refractivity contribution in [2.45, 2.75) is 37.8 Å². The molecule has 2 atom stereocenters. The molecule has 2 heterocycles. The second-order valence-electron chi connectivity index (χ2n) is 4.82. The number of hydrogen-bond acceptors (Lipinski definition) is 4. The van der Waals surface area contributed by atoms with Gasteiger partial charge in [-0.2, -0.15) is 0 Å². The quantitative estimate of drug-likeness (QED) is 0.895. The molecule has 3 nitrogen and oxygen atoms in total. The molecule has 2 rings (SSSR count). The van der Waals surface area contributed by atoms with E-state index in [0.717, 1.165) is 17.3 Å². The highest BCUT2D eigenvalue weighted by Crippen LogP contribution is 2.33. The van der Waals surface area contributed by atoms with E-state index in [4.69, 9.17) is 17.3 Å². The Hall–Kier alpha value is -0.130. The Balaban J connectivity index is 2.18. The van der Waals surface area contributed by atoms with Crippen LogP contribution >= 0.6 is 22.9 Å². The largest absolute Gasteiger partial charge is 0.395 e. The first-order valence-corrected chi connectivity index (χ1v) is 7.77. The average Bonchev–Trinajstić information content (AvgIpc) is 2.66. The highest BCUT2D eigenvalue weighted by atomic mass is 35.5. The van der Waals surface area contributed by atoms with Crippen LogP contribution in [0.4, 0.5) is 0 Å². The van der Waals surface area contributed by atoms with E-state index >= 15 is 0 Å². The van der Waals surface area contributed by atoms with Crippen LogP contribution in [0.3, 0.4) is 0 Å². The molecule has 5 heteroatoms. The van der Waals surface area contributed by atoms with E-state index < -0.39 is 0 Å². The van der Waals surface area contributed by atoms with Crippen molar-refractivity contribution in [2.24, 2.45) is 5.73 Å². The minimum atomic E-state index is 0.192. The third-order valence-corrected chi connectivity index (χ3v) is 5.01. The first-order chi connectivity index (χ1) is 8.76. The fraction of sp³-hybridized carbons (Fsp3) is 0.692. The molecular formula is C13H21ClN2OS. The molecule has 0 aliphatic carbocycles. The summed E-state index contributed by atoms with van der Waals surface area (Å²) < 4.78 is 0.804. The third-order valence-electron chi connectivity index (χ3n) is 3.68. The van der Waals surface area contributed by atoms with E-state index in [9.17, 15) is 5.11 Å². The van der Waals surface area contributed by atoms with E-state index in [1.807, 2.05) is 6.07 Å². The fourth-order valence-corrected chi connectivity index (χ4v) is 3.92. The monoisotopic (exact) mass is 288 g/mol. The van der Waals surface area contributed by atoms with Crippen molar-refractivity contribution in [3.05, 3.63) is 21.3 Å². The van der Waals surface area contributed by atoms with Gasteiger partial charge < -0.3 is 10.8 Å². The Bertz CT molecular complexity index is 372. The first kappa shape index (κ1) is 14.3. The number of aliphatic hydroxyl groups is 1. The second kappa shape index (κ2) is 6.87. The summed E-state index contributed by atoms with van der Waals surface area (Å²) in [7, 11) is 0. The predicted molar refractivity (Wildman–Crippen MR) is 77.2 cm³/mol. The first-order valence-electron chi connectivity index (χ1n) is 6.58. The minimum Gasteiger partial charge on any atom is -0.395 e. The molecule has 1 fully saturated rings. The van der Waals surface area contributed by atoms with Crippen molar-refractivity contribution in [1.29, 1.82) is 0 Å². The zero-order valence-electron chi connectivity index (χ0n) is 10.5. The number of nitrogens with zero attached hydrogens (tertiary/aromatic N) is 1. The lowest BCUT2D eigenvalue weighted by Gasteiger charge is -2.35. The maximum atomic E-state index is 9.58. The SMILES string of the molecule is NCC(c1ccc(Cl)s1)N1CCCCCC1CO. The Kier molecular flexibility index (Phi) is 5.45. The molecule has 102 valence electrons. The molecule has 3 N–H and O–H groups in total. The summed E-state index contributed by atoms with van der Waals surface area (Å²) >= 11 is 7.61. The number of hydrogen-bond donors (Lipinski definition) is 2. The van der Waals surface area contributed by atoms with Crippen LogP contribution in [-0.4, -0.2) is 35.7 Å². The number of likely N-dealkylation sites (tertiary alicyclic amines) is 1. The zero-order valence-corrected chi connectivity index (χ0v) is 12.1. The lowest BCUT2D eigenvalue weighted by molar-refractivity contribution is 0.0884. The van der Waals surface area contributed by atoms with Gasteiger partial charge in [0.15, 0.2) is 0 Å². The molecule has 1 aromatic heterocycles. The summed E-state index contributed by atoms with van der Waals surface area (Å²) in [6.45, 7) is 1.81. The molecule has 1 aliphatic heterocycles. The molecule has 0 radical (unpaired) electrons. The van der Waals surface area contributed by atoms with Crippen molar-refractivity contribution in [3.8, 4) is 0 Å². The van der Waals surface area contributed by atoms with Crippen LogP contribution in [-0.2, 0) is 0 Å². The van der Waals surface area contributed by atoms with Crippen molar-refractivity contribution in [1.82, 2.24) is 4.90 Å². The van der Waals surface area contributed by atoms with Gasteiger partial charge in [0.05, 0.1) is 17.0 Å². The van der Waals surface area contributed by atoms with Gasteiger partial charge >= 0.3 is 0 Å². The van der Waals surface area contributed by atoms with Gasteiger partial charge in [-0.25, -0.2) is 0 Å². The molecule has 1 aliphatic rings.